The number of Topliss-reactive ketones (excluding diaryl/α,β-unsaturated/α-hetero) is 1. The highest BCUT2D eigenvalue weighted by Gasteiger charge is 2.19. The largest absolute Gasteiger partial charge is 0.493 e. The van der Waals surface area contributed by atoms with Crippen molar-refractivity contribution in [2.75, 3.05) is 6.61 Å². The average molecular weight is 218 g/mol. The molecule has 0 radical (unpaired) electrons. The fourth-order valence-electron chi connectivity index (χ4n) is 1.94. The summed E-state index contributed by atoms with van der Waals surface area (Å²) in [5, 5.41) is 0. The van der Waals surface area contributed by atoms with E-state index >= 15 is 0 Å². The van der Waals surface area contributed by atoms with Crippen molar-refractivity contribution in [3.8, 4) is 5.75 Å². The van der Waals surface area contributed by atoms with Gasteiger partial charge in [0.15, 0.2) is 5.78 Å². The maximum absolute atomic E-state index is 12.0. The van der Waals surface area contributed by atoms with Crippen LogP contribution in [0.15, 0.2) is 18.2 Å². The summed E-state index contributed by atoms with van der Waals surface area (Å²) in [6.07, 6.45) is 1.51. The van der Waals surface area contributed by atoms with Crippen LogP contribution in [0.25, 0.3) is 0 Å². The highest BCUT2D eigenvalue weighted by molar-refractivity contribution is 5.96. The third-order valence-electron chi connectivity index (χ3n) is 2.70. The summed E-state index contributed by atoms with van der Waals surface area (Å²) < 4.78 is 5.42. The van der Waals surface area contributed by atoms with Crippen molar-refractivity contribution in [3.63, 3.8) is 0 Å². The molecule has 0 aromatic heterocycles. The Labute approximate surface area is 96.6 Å². The number of hydrogen-bond donors (Lipinski definition) is 0. The molecule has 0 amide bonds. The van der Waals surface area contributed by atoms with Gasteiger partial charge in [-0.2, -0.15) is 0 Å². The van der Waals surface area contributed by atoms with Gasteiger partial charge in [0.1, 0.15) is 5.75 Å². The Balaban J connectivity index is 2.19. The number of fused-ring (bicyclic) bond motifs is 1. The first-order chi connectivity index (χ1) is 7.46. The minimum atomic E-state index is 0.0482. The number of ketones is 1. The highest BCUT2D eigenvalue weighted by Crippen LogP contribution is 2.28. The molecule has 1 aromatic rings. The first-order valence-corrected chi connectivity index (χ1v) is 5.75. The van der Waals surface area contributed by atoms with E-state index in [9.17, 15) is 4.79 Å². The van der Waals surface area contributed by atoms with Gasteiger partial charge in [-0.05, 0) is 29.2 Å². The van der Waals surface area contributed by atoms with Gasteiger partial charge in [-0.3, -0.25) is 4.79 Å². The zero-order valence-electron chi connectivity index (χ0n) is 10.2. The normalized spacial score (nSPS) is 14.4. The zero-order chi connectivity index (χ0) is 11.8. The van der Waals surface area contributed by atoms with E-state index in [1.165, 1.54) is 5.56 Å². The number of ether oxygens (including phenoxy) is 1. The van der Waals surface area contributed by atoms with Gasteiger partial charge in [0, 0.05) is 18.4 Å². The zero-order valence-corrected chi connectivity index (χ0v) is 10.2. The van der Waals surface area contributed by atoms with Crippen LogP contribution in [-0.2, 0) is 6.42 Å². The second-order valence-electron chi connectivity index (χ2n) is 5.58. The van der Waals surface area contributed by atoms with Crippen LogP contribution in [0.5, 0.6) is 5.75 Å². The van der Waals surface area contributed by atoms with Crippen molar-refractivity contribution >= 4 is 5.78 Å². The third kappa shape index (κ3) is 2.43. The molecular weight excluding hydrogens is 200 g/mol. The first kappa shape index (κ1) is 11.2. The van der Waals surface area contributed by atoms with Gasteiger partial charge < -0.3 is 4.74 Å². The quantitative estimate of drug-likeness (QED) is 0.712. The van der Waals surface area contributed by atoms with Crippen LogP contribution in [0.3, 0.4) is 0 Å². The summed E-state index contributed by atoms with van der Waals surface area (Å²) in [4.78, 5) is 12.0. The van der Waals surface area contributed by atoms with E-state index in [0.717, 1.165) is 24.3 Å². The predicted molar refractivity (Wildman–Crippen MR) is 64.0 cm³/mol. The maximum Gasteiger partial charge on any atom is 0.163 e. The molecule has 0 atom stereocenters. The van der Waals surface area contributed by atoms with Gasteiger partial charge >= 0.3 is 0 Å². The molecule has 2 rings (SSSR count). The Morgan fingerprint density at radius 2 is 2.12 bits per heavy atom. The summed E-state index contributed by atoms with van der Waals surface area (Å²) in [6, 6.07) is 5.77. The third-order valence-corrected chi connectivity index (χ3v) is 2.70. The van der Waals surface area contributed by atoms with Crippen LogP contribution in [0, 0.1) is 5.41 Å². The molecule has 1 aliphatic heterocycles. The predicted octanol–water partition coefficient (Wildman–Crippen LogP) is 3.24. The van der Waals surface area contributed by atoms with E-state index in [0.29, 0.717) is 6.42 Å². The van der Waals surface area contributed by atoms with Gasteiger partial charge in [0.2, 0.25) is 0 Å². The lowest BCUT2D eigenvalue weighted by atomic mass is 9.87. The van der Waals surface area contributed by atoms with E-state index in [1.807, 2.05) is 18.2 Å². The second kappa shape index (κ2) is 3.93. The lowest BCUT2D eigenvalue weighted by Crippen LogP contribution is -2.13. The number of carbonyl (C=O) groups is 1. The summed E-state index contributed by atoms with van der Waals surface area (Å²) >= 11 is 0. The molecule has 16 heavy (non-hydrogen) atoms. The number of hydrogen-bond acceptors (Lipinski definition) is 2. The SMILES string of the molecule is CC(C)(C)CC(=O)c1ccc2c(c1)CCO2. The van der Waals surface area contributed by atoms with Crippen LogP contribution in [-0.4, -0.2) is 12.4 Å². The molecule has 2 heteroatoms. The van der Waals surface area contributed by atoms with Gasteiger partial charge in [0.25, 0.3) is 0 Å². The minimum absolute atomic E-state index is 0.0482. The van der Waals surface area contributed by atoms with Gasteiger partial charge in [-0.1, -0.05) is 20.8 Å². The molecule has 0 bridgehead atoms. The fraction of sp³-hybridized carbons (Fsp3) is 0.500. The van der Waals surface area contributed by atoms with Gasteiger partial charge in [0.05, 0.1) is 6.61 Å². The van der Waals surface area contributed by atoms with E-state index in [1.54, 1.807) is 0 Å². The Kier molecular flexibility index (Phi) is 2.75. The van der Waals surface area contributed by atoms with Crippen molar-refractivity contribution < 1.29 is 9.53 Å². The molecule has 86 valence electrons. The lowest BCUT2D eigenvalue weighted by Gasteiger charge is -2.16. The Morgan fingerprint density at radius 1 is 1.38 bits per heavy atom. The maximum atomic E-state index is 12.0. The molecule has 0 spiro atoms. The first-order valence-electron chi connectivity index (χ1n) is 5.75. The van der Waals surface area contributed by atoms with Crippen LogP contribution in [0.2, 0.25) is 0 Å². The topological polar surface area (TPSA) is 26.3 Å². The van der Waals surface area contributed by atoms with Crippen molar-refractivity contribution in [2.24, 2.45) is 5.41 Å². The molecule has 0 saturated carbocycles. The average Bonchev–Trinajstić information content (AvgIpc) is 2.61. The van der Waals surface area contributed by atoms with E-state index in [4.69, 9.17) is 4.74 Å². The van der Waals surface area contributed by atoms with Crippen molar-refractivity contribution in [1.29, 1.82) is 0 Å². The van der Waals surface area contributed by atoms with Crippen LogP contribution in [0.4, 0.5) is 0 Å². The van der Waals surface area contributed by atoms with Crippen molar-refractivity contribution in [2.45, 2.75) is 33.6 Å². The fourth-order valence-corrected chi connectivity index (χ4v) is 1.94. The Bertz CT molecular complexity index is 413. The van der Waals surface area contributed by atoms with Gasteiger partial charge in [-0.25, -0.2) is 0 Å². The van der Waals surface area contributed by atoms with Crippen LogP contribution < -0.4 is 4.74 Å². The summed E-state index contributed by atoms with van der Waals surface area (Å²) in [7, 11) is 0. The molecule has 1 aliphatic rings. The number of rotatable bonds is 2. The molecule has 0 saturated heterocycles. The number of carbonyl (C=O) groups excluding carboxylic acids is 1. The molecule has 0 aliphatic carbocycles. The van der Waals surface area contributed by atoms with Crippen LogP contribution in [0.1, 0.15) is 43.1 Å². The Morgan fingerprint density at radius 3 is 2.81 bits per heavy atom. The highest BCUT2D eigenvalue weighted by atomic mass is 16.5. The van der Waals surface area contributed by atoms with Crippen molar-refractivity contribution in [1.82, 2.24) is 0 Å². The van der Waals surface area contributed by atoms with Crippen LogP contribution >= 0.6 is 0 Å². The summed E-state index contributed by atoms with van der Waals surface area (Å²) in [6.45, 7) is 7.00. The molecule has 0 unspecified atom stereocenters. The molecule has 0 N–H and O–H groups in total. The van der Waals surface area contributed by atoms with E-state index in [-0.39, 0.29) is 11.2 Å². The smallest absolute Gasteiger partial charge is 0.163 e. The van der Waals surface area contributed by atoms with Crippen molar-refractivity contribution in [3.05, 3.63) is 29.3 Å². The number of benzene rings is 1. The van der Waals surface area contributed by atoms with E-state index in [2.05, 4.69) is 20.8 Å². The van der Waals surface area contributed by atoms with E-state index < -0.39 is 0 Å². The standard InChI is InChI=1S/C14H18O2/c1-14(2,3)9-12(15)10-4-5-13-11(8-10)6-7-16-13/h4-5,8H,6-7,9H2,1-3H3. The van der Waals surface area contributed by atoms with Gasteiger partial charge in [-0.15, -0.1) is 0 Å². The molecule has 1 aromatic carbocycles. The summed E-state index contributed by atoms with van der Waals surface area (Å²) in [5.41, 5.74) is 2.03. The molecule has 0 fully saturated rings. The molecule has 1 heterocycles. The minimum Gasteiger partial charge on any atom is -0.493 e. The second-order valence-corrected chi connectivity index (χ2v) is 5.58. The lowest BCUT2D eigenvalue weighted by molar-refractivity contribution is 0.0940. The monoisotopic (exact) mass is 218 g/mol. The molecular formula is C14H18O2. The molecule has 2 nitrogen and oxygen atoms in total. The Hall–Kier alpha value is -1.31. The summed E-state index contributed by atoms with van der Waals surface area (Å²) in [5.74, 6) is 1.16.